The number of hydrogen-bond acceptors (Lipinski definition) is 3. The van der Waals surface area contributed by atoms with Gasteiger partial charge in [-0.15, -0.1) is 0 Å². The fourth-order valence-electron chi connectivity index (χ4n) is 2.75. The van der Waals surface area contributed by atoms with E-state index < -0.39 is 16.1 Å². The van der Waals surface area contributed by atoms with E-state index in [-0.39, 0.29) is 0 Å². The van der Waals surface area contributed by atoms with E-state index >= 15 is 0 Å². The third-order valence-electron chi connectivity index (χ3n) is 3.93. The Bertz CT molecular complexity index is 700. The van der Waals surface area contributed by atoms with Crippen LogP contribution in [0.25, 0.3) is 10.8 Å². The maximum absolute atomic E-state index is 5.50. The predicted molar refractivity (Wildman–Crippen MR) is 101 cm³/mol. The van der Waals surface area contributed by atoms with Gasteiger partial charge in [0, 0.05) is 11.5 Å². The van der Waals surface area contributed by atoms with Crippen molar-refractivity contribution in [1.29, 1.82) is 0 Å². The van der Waals surface area contributed by atoms with Crippen molar-refractivity contribution in [3.05, 3.63) is 18.2 Å². The van der Waals surface area contributed by atoms with Gasteiger partial charge in [0.25, 0.3) is 0 Å². The number of benzene rings is 1. The summed E-state index contributed by atoms with van der Waals surface area (Å²) in [4.78, 5) is 4.44. The topological polar surface area (TPSA) is 31.4 Å². The van der Waals surface area contributed by atoms with Crippen LogP contribution in [0.2, 0.25) is 39.3 Å². The molecule has 0 fully saturated rings. The van der Waals surface area contributed by atoms with Crippen LogP contribution in [0.4, 0.5) is 0 Å². The molecule has 1 heterocycles. The molecule has 120 valence electrons. The Hall–Kier alpha value is -1.34. The summed E-state index contributed by atoms with van der Waals surface area (Å²) in [6.07, 6.45) is 0. The molecule has 0 aliphatic heterocycles. The fraction of sp³-hybridized carbons (Fsp3) is 0.471. The second-order valence-corrected chi connectivity index (χ2v) is 17.9. The monoisotopic (exact) mass is 333 g/mol. The molecule has 0 spiro atoms. The van der Waals surface area contributed by atoms with Crippen LogP contribution >= 0.6 is 0 Å². The zero-order chi connectivity index (χ0) is 16.7. The molecule has 0 N–H and O–H groups in total. The summed E-state index contributed by atoms with van der Waals surface area (Å²) in [5, 5.41) is 5.32. The van der Waals surface area contributed by atoms with E-state index in [1.165, 1.54) is 5.19 Å². The SMILES string of the molecule is COc1cc2cc([Si](C)(C)C)c([Si](C)(C)C)cc2c(OC)n1. The molecule has 0 atom stereocenters. The molecule has 0 saturated carbocycles. The molecular formula is C17H27NO2Si2. The maximum Gasteiger partial charge on any atom is 0.224 e. The van der Waals surface area contributed by atoms with Gasteiger partial charge in [-0.3, -0.25) is 0 Å². The second-order valence-electron chi connectivity index (χ2n) is 7.79. The third-order valence-corrected chi connectivity index (χ3v) is 8.24. The van der Waals surface area contributed by atoms with E-state index in [2.05, 4.69) is 56.4 Å². The van der Waals surface area contributed by atoms with Gasteiger partial charge in [-0.25, -0.2) is 0 Å². The first-order valence-electron chi connectivity index (χ1n) is 7.65. The van der Waals surface area contributed by atoms with E-state index in [4.69, 9.17) is 9.47 Å². The quantitative estimate of drug-likeness (QED) is 0.804. The molecule has 0 amide bonds. The Labute approximate surface area is 135 Å². The minimum Gasteiger partial charge on any atom is -0.481 e. The Morgan fingerprint density at radius 1 is 0.773 bits per heavy atom. The Morgan fingerprint density at radius 2 is 1.32 bits per heavy atom. The Morgan fingerprint density at radius 3 is 1.77 bits per heavy atom. The number of hydrogen-bond donors (Lipinski definition) is 0. The van der Waals surface area contributed by atoms with Gasteiger partial charge in [0.1, 0.15) is 0 Å². The van der Waals surface area contributed by atoms with Crippen molar-refractivity contribution in [1.82, 2.24) is 4.98 Å². The van der Waals surface area contributed by atoms with E-state index in [0.29, 0.717) is 11.8 Å². The lowest BCUT2D eigenvalue weighted by Crippen LogP contribution is -2.56. The Balaban J connectivity index is 2.89. The van der Waals surface area contributed by atoms with E-state index in [1.807, 2.05) is 6.07 Å². The van der Waals surface area contributed by atoms with Gasteiger partial charge < -0.3 is 9.47 Å². The predicted octanol–water partition coefficient (Wildman–Crippen LogP) is 3.34. The van der Waals surface area contributed by atoms with Crippen LogP contribution < -0.4 is 19.8 Å². The Kier molecular flexibility index (Phi) is 4.41. The minimum absolute atomic E-state index is 0.603. The van der Waals surface area contributed by atoms with Crippen molar-refractivity contribution >= 4 is 37.3 Å². The standard InChI is InChI=1S/C17H27NO2Si2/c1-19-16-10-12-9-14(21(3,4)5)15(22(6,7)8)11-13(12)17(18-16)20-2/h9-11H,1-8H3. The van der Waals surface area contributed by atoms with Crippen LogP contribution in [0.15, 0.2) is 18.2 Å². The van der Waals surface area contributed by atoms with Crippen molar-refractivity contribution in [2.24, 2.45) is 0 Å². The summed E-state index contributed by atoms with van der Waals surface area (Å²) in [5.41, 5.74) is 0. The van der Waals surface area contributed by atoms with Crippen LogP contribution in [-0.2, 0) is 0 Å². The van der Waals surface area contributed by atoms with Gasteiger partial charge in [-0.05, 0) is 11.5 Å². The van der Waals surface area contributed by atoms with Crippen molar-refractivity contribution in [2.75, 3.05) is 14.2 Å². The number of nitrogens with zero attached hydrogens (tertiary/aromatic N) is 1. The highest BCUT2D eigenvalue weighted by atomic mass is 28.3. The number of aromatic nitrogens is 1. The first kappa shape index (κ1) is 17.0. The summed E-state index contributed by atoms with van der Waals surface area (Å²) in [6, 6.07) is 6.68. The zero-order valence-electron chi connectivity index (χ0n) is 15.0. The van der Waals surface area contributed by atoms with Crippen LogP contribution in [0.1, 0.15) is 0 Å². The molecule has 2 aromatic rings. The van der Waals surface area contributed by atoms with Gasteiger partial charge in [-0.1, -0.05) is 55.7 Å². The molecule has 0 saturated heterocycles. The smallest absolute Gasteiger partial charge is 0.224 e. The van der Waals surface area contributed by atoms with E-state index in [9.17, 15) is 0 Å². The molecule has 3 nitrogen and oxygen atoms in total. The van der Waals surface area contributed by atoms with E-state index in [0.717, 1.165) is 10.8 Å². The summed E-state index contributed by atoms with van der Waals surface area (Å²) < 4.78 is 10.8. The number of rotatable bonds is 4. The molecule has 2 rings (SSSR count). The highest BCUT2D eigenvalue weighted by Crippen LogP contribution is 2.27. The largest absolute Gasteiger partial charge is 0.481 e. The number of methoxy groups -OCH3 is 2. The second kappa shape index (κ2) is 5.70. The van der Waals surface area contributed by atoms with E-state index in [1.54, 1.807) is 19.4 Å². The van der Waals surface area contributed by atoms with Crippen LogP contribution in [0, 0.1) is 0 Å². The van der Waals surface area contributed by atoms with Gasteiger partial charge >= 0.3 is 0 Å². The zero-order valence-corrected chi connectivity index (χ0v) is 17.0. The molecule has 0 bridgehead atoms. The average Bonchev–Trinajstić information content (AvgIpc) is 2.42. The first-order chi connectivity index (χ1) is 10.1. The summed E-state index contributed by atoms with van der Waals surface area (Å²) >= 11 is 0. The molecule has 1 aromatic heterocycles. The third kappa shape index (κ3) is 3.20. The minimum atomic E-state index is -1.44. The van der Waals surface area contributed by atoms with Gasteiger partial charge in [-0.2, -0.15) is 4.98 Å². The molecule has 22 heavy (non-hydrogen) atoms. The average molecular weight is 334 g/mol. The van der Waals surface area contributed by atoms with Gasteiger partial charge in [0.2, 0.25) is 11.8 Å². The number of pyridine rings is 1. The summed E-state index contributed by atoms with van der Waals surface area (Å²) in [7, 11) is 0.441. The molecule has 1 aromatic carbocycles. The highest BCUT2D eigenvalue weighted by molar-refractivity contribution is 6.98. The lowest BCUT2D eigenvalue weighted by atomic mass is 10.1. The highest BCUT2D eigenvalue weighted by Gasteiger charge is 2.28. The molecule has 5 heteroatoms. The molecule has 0 radical (unpaired) electrons. The normalized spacial score (nSPS) is 12.5. The first-order valence-corrected chi connectivity index (χ1v) is 14.7. The van der Waals surface area contributed by atoms with Crippen molar-refractivity contribution in [2.45, 2.75) is 39.3 Å². The summed E-state index contributed by atoms with van der Waals surface area (Å²) in [5.74, 6) is 1.25. The van der Waals surface area contributed by atoms with Gasteiger partial charge in [0.05, 0.1) is 30.4 Å². The molecule has 0 unspecified atom stereocenters. The molecule has 0 aliphatic rings. The van der Waals surface area contributed by atoms with Crippen LogP contribution in [-0.4, -0.2) is 35.4 Å². The molecular weight excluding hydrogens is 306 g/mol. The summed E-state index contributed by atoms with van der Waals surface area (Å²) in [6.45, 7) is 14.4. The fourth-order valence-corrected chi connectivity index (χ4v) is 7.92. The van der Waals surface area contributed by atoms with Gasteiger partial charge in [0.15, 0.2) is 0 Å². The maximum atomic E-state index is 5.50. The van der Waals surface area contributed by atoms with Crippen molar-refractivity contribution in [3.8, 4) is 11.8 Å². The lowest BCUT2D eigenvalue weighted by molar-refractivity contribution is 0.369. The molecule has 0 aliphatic carbocycles. The lowest BCUT2D eigenvalue weighted by Gasteiger charge is -2.28. The van der Waals surface area contributed by atoms with Crippen LogP contribution in [0.5, 0.6) is 11.8 Å². The number of fused-ring (bicyclic) bond motifs is 1. The van der Waals surface area contributed by atoms with Crippen molar-refractivity contribution < 1.29 is 9.47 Å². The number of ether oxygens (including phenoxy) is 2. The van der Waals surface area contributed by atoms with Crippen LogP contribution in [0.3, 0.4) is 0 Å². The van der Waals surface area contributed by atoms with Crippen molar-refractivity contribution in [3.63, 3.8) is 0 Å².